The van der Waals surface area contributed by atoms with Crippen LogP contribution in [0, 0.1) is 6.92 Å². The highest BCUT2D eigenvalue weighted by atomic mass is 32.2. The van der Waals surface area contributed by atoms with E-state index < -0.39 is 22.5 Å². The SMILES string of the molecule is CCCN(CC(=O)O)S(=O)(=O)CCc1scnc1C. The van der Waals surface area contributed by atoms with Crippen LogP contribution in [-0.4, -0.2) is 47.6 Å². The molecule has 1 aromatic rings. The minimum atomic E-state index is -3.54. The van der Waals surface area contributed by atoms with E-state index in [0.29, 0.717) is 12.8 Å². The fraction of sp³-hybridized carbons (Fsp3) is 0.636. The zero-order chi connectivity index (χ0) is 14.5. The van der Waals surface area contributed by atoms with Crippen LogP contribution in [0.4, 0.5) is 0 Å². The predicted molar refractivity (Wildman–Crippen MR) is 73.8 cm³/mol. The van der Waals surface area contributed by atoms with Crippen LogP contribution in [0.1, 0.15) is 23.9 Å². The molecule has 0 fully saturated rings. The smallest absolute Gasteiger partial charge is 0.318 e. The molecule has 1 aromatic heterocycles. The summed E-state index contributed by atoms with van der Waals surface area (Å²) in [4.78, 5) is 15.7. The molecule has 8 heteroatoms. The van der Waals surface area contributed by atoms with Crippen molar-refractivity contribution in [3.63, 3.8) is 0 Å². The largest absolute Gasteiger partial charge is 0.480 e. The second kappa shape index (κ2) is 6.97. The van der Waals surface area contributed by atoms with E-state index in [-0.39, 0.29) is 12.3 Å². The maximum atomic E-state index is 12.1. The van der Waals surface area contributed by atoms with Crippen molar-refractivity contribution in [1.82, 2.24) is 9.29 Å². The van der Waals surface area contributed by atoms with E-state index in [0.717, 1.165) is 14.9 Å². The first kappa shape index (κ1) is 16.1. The Labute approximate surface area is 117 Å². The molecule has 0 aliphatic heterocycles. The number of hydrogen-bond donors (Lipinski definition) is 1. The number of carbonyl (C=O) groups is 1. The lowest BCUT2D eigenvalue weighted by molar-refractivity contribution is -0.137. The van der Waals surface area contributed by atoms with E-state index in [1.54, 1.807) is 5.51 Å². The number of carboxylic acids is 1. The van der Waals surface area contributed by atoms with Crippen LogP contribution in [0.15, 0.2) is 5.51 Å². The predicted octanol–water partition coefficient (Wildman–Crippen LogP) is 1.12. The molecule has 0 unspecified atom stereocenters. The van der Waals surface area contributed by atoms with Crippen molar-refractivity contribution in [3.05, 3.63) is 16.1 Å². The first-order valence-electron chi connectivity index (χ1n) is 5.95. The molecule has 0 aliphatic carbocycles. The summed E-state index contributed by atoms with van der Waals surface area (Å²) in [6.07, 6.45) is 0.963. The summed E-state index contributed by atoms with van der Waals surface area (Å²) in [5.41, 5.74) is 2.51. The van der Waals surface area contributed by atoms with Gasteiger partial charge in [-0.3, -0.25) is 4.79 Å². The number of thiazole rings is 1. The normalized spacial score (nSPS) is 11.9. The Balaban J connectivity index is 2.71. The third-order valence-electron chi connectivity index (χ3n) is 2.61. The van der Waals surface area contributed by atoms with Gasteiger partial charge in [0.15, 0.2) is 0 Å². The maximum absolute atomic E-state index is 12.1. The fourth-order valence-corrected chi connectivity index (χ4v) is 4.03. The van der Waals surface area contributed by atoms with Gasteiger partial charge in [-0.1, -0.05) is 6.92 Å². The molecule has 1 heterocycles. The molecular weight excluding hydrogens is 288 g/mol. The molecule has 19 heavy (non-hydrogen) atoms. The highest BCUT2D eigenvalue weighted by Gasteiger charge is 2.23. The van der Waals surface area contributed by atoms with Gasteiger partial charge in [0.05, 0.1) is 17.0 Å². The minimum absolute atomic E-state index is 0.0800. The number of carboxylic acid groups (broad SMARTS) is 1. The number of aliphatic carboxylic acids is 1. The second-order valence-electron chi connectivity index (χ2n) is 4.15. The van der Waals surface area contributed by atoms with Crippen molar-refractivity contribution < 1.29 is 18.3 Å². The molecule has 0 saturated carbocycles. The number of aromatic nitrogens is 1. The highest BCUT2D eigenvalue weighted by molar-refractivity contribution is 7.89. The third-order valence-corrected chi connectivity index (χ3v) is 5.42. The molecule has 0 bridgehead atoms. The van der Waals surface area contributed by atoms with Crippen LogP contribution in [0.3, 0.4) is 0 Å². The van der Waals surface area contributed by atoms with Gasteiger partial charge in [0.25, 0.3) is 0 Å². The van der Waals surface area contributed by atoms with Gasteiger partial charge in [0.2, 0.25) is 10.0 Å². The lowest BCUT2D eigenvalue weighted by Gasteiger charge is -2.19. The molecule has 0 atom stereocenters. The lowest BCUT2D eigenvalue weighted by atomic mass is 10.3. The van der Waals surface area contributed by atoms with E-state index >= 15 is 0 Å². The minimum Gasteiger partial charge on any atom is -0.480 e. The summed E-state index contributed by atoms with van der Waals surface area (Å²) in [6, 6.07) is 0. The molecule has 108 valence electrons. The van der Waals surface area contributed by atoms with E-state index in [1.165, 1.54) is 11.3 Å². The zero-order valence-electron chi connectivity index (χ0n) is 11.0. The topological polar surface area (TPSA) is 87.6 Å². The molecule has 6 nitrogen and oxygen atoms in total. The van der Waals surface area contributed by atoms with E-state index in [4.69, 9.17) is 5.11 Å². The number of rotatable bonds is 8. The Hall–Kier alpha value is -0.990. The zero-order valence-corrected chi connectivity index (χ0v) is 12.6. The average molecular weight is 306 g/mol. The van der Waals surface area contributed by atoms with Gasteiger partial charge in [-0.15, -0.1) is 11.3 Å². The quantitative estimate of drug-likeness (QED) is 0.777. The molecule has 0 aromatic carbocycles. The van der Waals surface area contributed by atoms with E-state index in [9.17, 15) is 13.2 Å². The molecule has 0 spiro atoms. The Kier molecular flexibility index (Phi) is 5.89. The monoisotopic (exact) mass is 306 g/mol. The summed E-state index contributed by atoms with van der Waals surface area (Å²) in [6.45, 7) is 3.41. The van der Waals surface area contributed by atoms with Crippen molar-refractivity contribution in [2.45, 2.75) is 26.7 Å². The van der Waals surface area contributed by atoms with Crippen LogP contribution in [0.25, 0.3) is 0 Å². The van der Waals surface area contributed by atoms with Crippen molar-refractivity contribution in [3.8, 4) is 0 Å². The highest BCUT2D eigenvalue weighted by Crippen LogP contribution is 2.15. The first-order valence-corrected chi connectivity index (χ1v) is 8.44. The Morgan fingerprint density at radius 2 is 2.21 bits per heavy atom. The molecular formula is C11H18N2O4S2. The summed E-state index contributed by atoms with van der Waals surface area (Å²) in [5.74, 6) is -1.21. The summed E-state index contributed by atoms with van der Waals surface area (Å²) >= 11 is 1.42. The van der Waals surface area contributed by atoms with Crippen molar-refractivity contribution >= 4 is 27.3 Å². The van der Waals surface area contributed by atoms with Crippen molar-refractivity contribution in [2.75, 3.05) is 18.8 Å². The maximum Gasteiger partial charge on any atom is 0.318 e. The van der Waals surface area contributed by atoms with Crippen LogP contribution in [0.2, 0.25) is 0 Å². The second-order valence-corrected chi connectivity index (χ2v) is 7.18. The molecule has 1 rings (SSSR count). The van der Waals surface area contributed by atoms with Crippen molar-refractivity contribution in [2.24, 2.45) is 0 Å². The number of aryl methyl sites for hydroxylation is 2. The van der Waals surface area contributed by atoms with Crippen LogP contribution in [-0.2, 0) is 21.2 Å². The van der Waals surface area contributed by atoms with Crippen molar-refractivity contribution in [1.29, 1.82) is 0 Å². The summed E-state index contributed by atoms with van der Waals surface area (Å²) < 4.78 is 25.3. The van der Waals surface area contributed by atoms with E-state index in [1.807, 2.05) is 13.8 Å². The number of hydrogen-bond acceptors (Lipinski definition) is 5. The van der Waals surface area contributed by atoms with Gasteiger partial charge in [0, 0.05) is 11.4 Å². The summed E-state index contributed by atoms with van der Waals surface area (Å²) in [5, 5.41) is 8.76. The lowest BCUT2D eigenvalue weighted by Crippen LogP contribution is -2.38. The summed E-state index contributed by atoms with van der Waals surface area (Å²) in [7, 11) is -3.54. The molecule has 1 N–H and O–H groups in total. The molecule has 0 radical (unpaired) electrons. The van der Waals surface area contributed by atoms with Gasteiger partial charge >= 0.3 is 5.97 Å². The fourth-order valence-electron chi connectivity index (χ4n) is 1.63. The average Bonchev–Trinajstić information content (AvgIpc) is 2.71. The molecule has 0 amide bonds. The van der Waals surface area contributed by atoms with Crippen LogP contribution >= 0.6 is 11.3 Å². The Morgan fingerprint density at radius 1 is 1.53 bits per heavy atom. The third kappa shape index (κ3) is 4.88. The molecule has 0 aliphatic rings. The standard InChI is InChI=1S/C11H18N2O4S2/c1-3-5-13(7-11(14)15)19(16,17)6-4-10-9(2)12-8-18-10/h8H,3-7H2,1-2H3,(H,14,15). The van der Waals surface area contributed by atoms with E-state index in [2.05, 4.69) is 4.98 Å². The van der Waals surface area contributed by atoms with Crippen LogP contribution < -0.4 is 0 Å². The van der Waals surface area contributed by atoms with Gasteiger partial charge in [-0.25, -0.2) is 13.4 Å². The van der Waals surface area contributed by atoms with Gasteiger partial charge in [-0.2, -0.15) is 4.31 Å². The van der Waals surface area contributed by atoms with Gasteiger partial charge in [0.1, 0.15) is 6.54 Å². The van der Waals surface area contributed by atoms with Crippen LogP contribution in [0.5, 0.6) is 0 Å². The van der Waals surface area contributed by atoms with Gasteiger partial charge < -0.3 is 5.11 Å². The van der Waals surface area contributed by atoms with Gasteiger partial charge in [-0.05, 0) is 19.8 Å². The Bertz CT molecular complexity index is 525. The number of nitrogens with zero attached hydrogens (tertiary/aromatic N) is 2. The first-order chi connectivity index (χ1) is 8.86. The Morgan fingerprint density at radius 3 is 2.68 bits per heavy atom. The number of sulfonamides is 1. The molecule has 0 saturated heterocycles.